The average molecular weight is 277 g/mol. The Morgan fingerprint density at radius 2 is 1.29 bits per heavy atom. The maximum absolute atomic E-state index is 9.46. The fourth-order valence-electron chi connectivity index (χ4n) is 0.671. The van der Waals surface area contributed by atoms with Crippen LogP contribution >= 0.6 is 11.9 Å². The van der Waals surface area contributed by atoms with Crippen molar-refractivity contribution in [2.75, 3.05) is 13.2 Å². The van der Waals surface area contributed by atoms with Crippen molar-refractivity contribution >= 4 is 17.8 Å². The van der Waals surface area contributed by atoms with Gasteiger partial charge in [-0.05, 0) is 0 Å². The average Bonchev–Trinajstić information content (AvgIpc) is 2.35. The lowest BCUT2D eigenvalue weighted by Gasteiger charge is -2.24. The number of hydrogen-bond donors (Lipinski definition) is 6. The SMILES string of the molecule is CC(=O)OCl.OC[C@@H](O)[C@@H](O)[C@H](O)[C@@H](O)CO. The molecule has 0 aliphatic carbocycles. The molecule has 0 bridgehead atoms. The molecule has 9 heteroatoms. The van der Waals surface area contributed by atoms with Gasteiger partial charge in [-0.3, -0.25) is 4.79 Å². The third kappa shape index (κ3) is 9.24. The topological polar surface area (TPSA) is 148 Å². The quantitative estimate of drug-likeness (QED) is 0.314. The summed E-state index contributed by atoms with van der Waals surface area (Å²) in [5.74, 6) is -0.480. The summed E-state index contributed by atoms with van der Waals surface area (Å²) >= 11 is 4.49. The van der Waals surface area contributed by atoms with E-state index in [1.54, 1.807) is 0 Å². The van der Waals surface area contributed by atoms with Crippen LogP contribution in [0, 0.1) is 0 Å². The molecule has 0 unspecified atom stereocenters. The second-order valence-corrected chi connectivity index (χ2v) is 3.20. The summed E-state index contributed by atoms with van der Waals surface area (Å²) in [5, 5.41) is 52.2. The zero-order valence-corrected chi connectivity index (χ0v) is 9.86. The molecule has 0 rings (SSSR count). The Morgan fingerprint density at radius 3 is 1.41 bits per heavy atom. The molecule has 0 fully saturated rings. The summed E-state index contributed by atoms with van der Waals surface area (Å²) in [7, 11) is 0. The highest BCUT2D eigenvalue weighted by Gasteiger charge is 2.29. The van der Waals surface area contributed by atoms with Gasteiger partial charge in [-0.15, -0.1) is 0 Å². The third-order valence-corrected chi connectivity index (χ3v) is 1.84. The van der Waals surface area contributed by atoms with Gasteiger partial charge >= 0.3 is 5.97 Å². The molecule has 0 spiro atoms. The van der Waals surface area contributed by atoms with Crippen molar-refractivity contribution in [3.8, 4) is 0 Å². The second kappa shape index (κ2) is 10.7. The van der Waals surface area contributed by atoms with Crippen molar-refractivity contribution in [1.29, 1.82) is 0 Å². The Kier molecular flexibility index (Phi) is 11.8. The van der Waals surface area contributed by atoms with Gasteiger partial charge in [0.2, 0.25) is 0 Å². The van der Waals surface area contributed by atoms with Gasteiger partial charge in [0.25, 0.3) is 0 Å². The Morgan fingerprint density at radius 1 is 1.06 bits per heavy atom. The molecule has 0 amide bonds. The lowest BCUT2D eigenvalue weighted by Crippen LogP contribution is -2.46. The van der Waals surface area contributed by atoms with Crippen LogP contribution in [-0.2, 0) is 9.08 Å². The summed E-state index contributed by atoms with van der Waals surface area (Å²) in [5.41, 5.74) is 0. The van der Waals surface area contributed by atoms with Gasteiger partial charge in [0.1, 0.15) is 36.3 Å². The minimum atomic E-state index is -1.67. The standard InChI is InChI=1S/C6H14O6.C2H3ClO2/c7-1-3(9)5(11)6(12)4(10)2-8;1-2(4)5-3/h3-12H,1-2H2;1H3/t3-,4+,5-,6-;/m1./s1. The van der Waals surface area contributed by atoms with E-state index in [9.17, 15) is 4.79 Å². The van der Waals surface area contributed by atoms with Crippen molar-refractivity contribution in [1.82, 2.24) is 0 Å². The van der Waals surface area contributed by atoms with Gasteiger partial charge < -0.3 is 34.9 Å². The van der Waals surface area contributed by atoms with E-state index in [1.165, 1.54) is 6.92 Å². The zero-order chi connectivity index (χ0) is 14.0. The first kappa shape index (κ1) is 18.9. The highest BCUT2D eigenvalue weighted by Crippen LogP contribution is 2.03. The molecule has 0 aliphatic rings. The normalized spacial score (nSPS) is 17.2. The highest BCUT2D eigenvalue weighted by atomic mass is 35.5. The number of aliphatic hydroxyl groups is 6. The van der Waals surface area contributed by atoms with E-state index < -0.39 is 43.6 Å². The van der Waals surface area contributed by atoms with E-state index in [1.807, 2.05) is 0 Å². The van der Waals surface area contributed by atoms with Crippen LogP contribution in [0.3, 0.4) is 0 Å². The largest absolute Gasteiger partial charge is 0.394 e. The molecular formula is C8H17ClO8. The molecule has 4 atom stereocenters. The minimum Gasteiger partial charge on any atom is -0.394 e. The lowest BCUT2D eigenvalue weighted by molar-refractivity contribution is -0.131. The Balaban J connectivity index is 0. The number of aliphatic hydroxyl groups excluding tert-OH is 6. The molecule has 0 aliphatic heterocycles. The molecule has 17 heavy (non-hydrogen) atoms. The number of hydrogen-bond acceptors (Lipinski definition) is 8. The number of halogens is 1. The molecule has 0 aromatic rings. The first-order chi connectivity index (χ1) is 7.81. The monoisotopic (exact) mass is 276 g/mol. The molecule has 0 heterocycles. The van der Waals surface area contributed by atoms with Crippen molar-refractivity contribution in [2.45, 2.75) is 31.3 Å². The maximum atomic E-state index is 9.46. The Labute approximate surface area is 103 Å². The van der Waals surface area contributed by atoms with E-state index in [4.69, 9.17) is 30.6 Å². The summed E-state index contributed by atoms with van der Waals surface area (Å²) < 4.78 is 3.58. The highest BCUT2D eigenvalue weighted by molar-refractivity contribution is 6.12. The maximum Gasteiger partial charge on any atom is 0.321 e. The molecule has 6 N–H and O–H groups in total. The van der Waals surface area contributed by atoms with E-state index in [0.717, 1.165) is 0 Å². The molecule has 104 valence electrons. The summed E-state index contributed by atoms with van der Waals surface area (Å²) in [6, 6.07) is 0. The Hall–Kier alpha value is -0.480. The van der Waals surface area contributed by atoms with Crippen molar-refractivity contribution < 1.29 is 39.7 Å². The molecule has 8 nitrogen and oxygen atoms in total. The van der Waals surface area contributed by atoms with Crippen LogP contribution in [0.15, 0.2) is 0 Å². The molecule has 0 aromatic heterocycles. The van der Waals surface area contributed by atoms with Gasteiger partial charge in [-0.1, -0.05) is 0 Å². The fraction of sp³-hybridized carbons (Fsp3) is 0.875. The number of rotatable bonds is 5. The van der Waals surface area contributed by atoms with E-state index in [2.05, 4.69) is 16.2 Å². The van der Waals surface area contributed by atoms with E-state index >= 15 is 0 Å². The number of carbonyl (C=O) groups excluding carboxylic acids is 1. The molecular weight excluding hydrogens is 260 g/mol. The zero-order valence-electron chi connectivity index (χ0n) is 9.10. The predicted molar refractivity (Wildman–Crippen MR) is 55.8 cm³/mol. The summed E-state index contributed by atoms with van der Waals surface area (Å²) in [6.07, 6.45) is -6.39. The minimum absolute atomic E-state index is 0.480. The van der Waals surface area contributed by atoms with E-state index in [0.29, 0.717) is 0 Å². The lowest BCUT2D eigenvalue weighted by atomic mass is 10.0. The van der Waals surface area contributed by atoms with E-state index in [-0.39, 0.29) is 0 Å². The smallest absolute Gasteiger partial charge is 0.321 e. The van der Waals surface area contributed by atoms with Gasteiger partial charge in [-0.2, -0.15) is 0 Å². The van der Waals surface area contributed by atoms with Crippen molar-refractivity contribution in [3.63, 3.8) is 0 Å². The van der Waals surface area contributed by atoms with Crippen LogP contribution in [0.2, 0.25) is 0 Å². The first-order valence-electron chi connectivity index (χ1n) is 4.54. The number of carbonyl (C=O) groups is 1. The molecule has 0 saturated heterocycles. The van der Waals surface area contributed by atoms with Crippen LogP contribution in [0.1, 0.15) is 6.92 Å². The van der Waals surface area contributed by atoms with Gasteiger partial charge in [-0.25, -0.2) is 0 Å². The summed E-state index contributed by atoms with van der Waals surface area (Å²) in [4.78, 5) is 9.46. The fourth-order valence-corrected chi connectivity index (χ4v) is 0.671. The van der Waals surface area contributed by atoms with Crippen molar-refractivity contribution in [2.24, 2.45) is 0 Å². The van der Waals surface area contributed by atoms with Gasteiger partial charge in [0, 0.05) is 6.92 Å². The first-order valence-corrected chi connectivity index (χ1v) is 4.85. The van der Waals surface area contributed by atoms with Gasteiger partial charge in [0.05, 0.1) is 13.2 Å². The van der Waals surface area contributed by atoms with Crippen LogP contribution in [0.25, 0.3) is 0 Å². The molecule has 0 radical (unpaired) electrons. The van der Waals surface area contributed by atoms with Crippen LogP contribution in [0.4, 0.5) is 0 Å². The summed E-state index contributed by atoms with van der Waals surface area (Å²) in [6.45, 7) is -0.222. The van der Waals surface area contributed by atoms with Crippen LogP contribution in [-0.4, -0.2) is 74.2 Å². The third-order valence-electron chi connectivity index (χ3n) is 1.62. The molecule has 0 saturated carbocycles. The second-order valence-electron chi connectivity index (χ2n) is 3.05. The van der Waals surface area contributed by atoms with Crippen LogP contribution < -0.4 is 0 Å². The Bertz CT molecular complexity index is 188. The van der Waals surface area contributed by atoms with Crippen molar-refractivity contribution in [3.05, 3.63) is 0 Å². The van der Waals surface area contributed by atoms with Crippen LogP contribution in [0.5, 0.6) is 0 Å². The van der Waals surface area contributed by atoms with Gasteiger partial charge in [0.15, 0.2) is 0 Å². The molecule has 0 aromatic carbocycles. The predicted octanol–water partition coefficient (Wildman–Crippen LogP) is -2.88.